The van der Waals surface area contributed by atoms with Crippen molar-refractivity contribution in [1.29, 1.82) is 0 Å². The number of anilines is 1. The van der Waals surface area contributed by atoms with Gasteiger partial charge in [-0.2, -0.15) is 0 Å². The minimum absolute atomic E-state index is 0.0714. The van der Waals surface area contributed by atoms with Crippen LogP contribution in [0.4, 0.5) is 5.69 Å². The van der Waals surface area contributed by atoms with Gasteiger partial charge in [0.2, 0.25) is 5.91 Å². The highest BCUT2D eigenvalue weighted by atomic mass is 16.1. The van der Waals surface area contributed by atoms with E-state index in [0.29, 0.717) is 6.42 Å². The van der Waals surface area contributed by atoms with E-state index in [4.69, 9.17) is 6.42 Å². The molecule has 0 fully saturated rings. The van der Waals surface area contributed by atoms with E-state index >= 15 is 0 Å². The molecule has 13 heavy (non-hydrogen) atoms. The van der Waals surface area contributed by atoms with Crippen LogP contribution in [0.2, 0.25) is 0 Å². The van der Waals surface area contributed by atoms with Crippen molar-refractivity contribution in [3.63, 3.8) is 0 Å². The van der Waals surface area contributed by atoms with Crippen LogP contribution in [0, 0.1) is 12.3 Å². The molecule has 1 aromatic rings. The lowest BCUT2D eigenvalue weighted by Crippen LogP contribution is -2.05. The zero-order valence-corrected chi connectivity index (χ0v) is 7.50. The second-order valence-corrected chi connectivity index (χ2v) is 2.76. The van der Waals surface area contributed by atoms with E-state index in [2.05, 4.69) is 11.2 Å². The molecule has 0 spiro atoms. The lowest BCUT2D eigenvalue weighted by molar-refractivity contribution is -0.114. The minimum Gasteiger partial charge on any atom is -0.326 e. The highest BCUT2D eigenvalue weighted by Crippen LogP contribution is 2.10. The molecule has 0 aliphatic heterocycles. The number of terminal acetylenes is 1. The van der Waals surface area contributed by atoms with Crippen LogP contribution in [0.5, 0.6) is 0 Å². The van der Waals surface area contributed by atoms with Crippen LogP contribution >= 0.6 is 0 Å². The molecule has 2 heteroatoms. The summed E-state index contributed by atoms with van der Waals surface area (Å²) in [7, 11) is 0. The molecular formula is C11H11NO. The predicted octanol–water partition coefficient (Wildman–Crippen LogP) is 1.82. The fourth-order valence-electron chi connectivity index (χ4n) is 1.08. The van der Waals surface area contributed by atoms with Gasteiger partial charge in [-0.1, -0.05) is 12.1 Å². The Kier molecular flexibility index (Phi) is 3.10. The van der Waals surface area contributed by atoms with Gasteiger partial charge in [0.1, 0.15) is 0 Å². The third-order valence-electron chi connectivity index (χ3n) is 1.55. The Balaban J connectivity index is 2.80. The van der Waals surface area contributed by atoms with Crippen molar-refractivity contribution in [1.82, 2.24) is 0 Å². The predicted molar refractivity (Wildman–Crippen MR) is 53.3 cm³/mol. The molecule has 0 aliphatic carbocycles. The maximum atomic E-state index is 10.7. The van der Waals surface area contributed by atoms with Gasteiger partial charge in [-0.15, -0.1) is 12.3 Å². The quantitative estimate of drug-likeness (QED) is 0.679. The van der Waals surface area contributed by atoms with E-state index in [1.807, 2.05) is 24.3 Å². The van der Waals surface area contributed by atoms with Crippen molar-refractivity contribution in [2.24, 2.45) is 0 Å². The molecule has 1 aromatic carbocycles. The molecule has 0 unspecified atom stereocenters. The van der Waals surface area contributed by atoms with Gasteiger partial charge in [-0.25, -0.2) is 0 Å². The molecule has 2 nitrogen and oxygen atoms in total. The lowest BCUT2D eigenvalue weighted by atomic mass is 10.1. The summed E-state index contributed by atoms with van der Waals surface area (Å²) in [6, 6.07) is 7.52. The van der Waals surface area contributed by atoms with Gasteiger partial charge < -0.3 is 5.32 Å². The Labute approximate surface area is 78.0 Å². The summed E-state index contributed by atoms with van der Waals surface area (Å²) < 4.78 is 0. The molecule has 0 heterocycles. The molecule has 1 amide bonds. The standard InChI is InChI=1S/C11H11NO/c1-3-5-10-6-4-7-11(8-10)12-9(2)13/h1,4,6-8H,5H2,2H3,(H,12,13). The van der Waals surface area contributed by atoms with Crippen LogP contribution in [-0.2, 0) is 11.2 Å². The maximum Gasteiger partial charge on any atom is 0.221 e. The monoisotopic (exact) mass is 173 g/mol. The van der Waals surface area contributed by atoms with Gasteiger partial charge in [-0.3, -0.25) is 4.79 Å². The molecule has 0 radical (unpaired) electrons. The second-order valence-electron chi connectivity index (χ2n) is 2.76. The van der Waals surface area contributed by atoms with Crippen molar-refractivity contribution in [2.45, 2.75) is 13.3 Å². The molecule has 0 bridgehead atoms. The Morgan fingerprint density at radius 3 is 3.00 bits per heavy atom. The first-order valence-corrected chi connectivity index (χ1v) is 4.02. The van der Waals surface area contributed by atoms with E-state index in [0.717, 1.165) is 11.3 Å². The molecule has 1 N–H and O–H groups in total. The Morgan fingerprint density at radius 1 is 1.62 bits per heavy atom. The first kappa shape index (κ1) is 9.34. The number of carbonyl (C=O) groups is 1. The van der Waals surface area contributed by atoms with Gasteiger partial charge in [0.15, 0.2) is 0 Å². The van der Waals surface area contributed by atoms with Crippen molar-refractivity contribution in [3.8, 4) is 12.3 Å². The molecule has 0 saturated carbocycles. The Morgan fingerprint density at radius 2 is 2.38 bits per heavy atom. The first-order valence-electron chi connectivity index (χ1n) is 4.02. The smallest absolute Gasteiger partial charge is 0.221 e. The zero-order valence-electron chi connectivity index (χ0n) is 7.50. The van der Waals surface area contributed by atoms with Crippen molar-refractivity contribution in [2.75, 3.05) is 5.32 Å². The van der Waals surface area contributed by atoms with Crippen LogP contribution in [0.25, 0.3) is 0 Å². The summed E-state index contributed by atoms with van der Waals surface area (Å²) in [6.45, 7) is 1.48. The molecule has 66 valence electrons. The van der Waals surface area contributed by atoms with Crippen molar-refractivity contribution in [3.05, 3.63) is 29.8 Å². The second kappa shape index (κ2) is 4.32. The van der Waals surface area contributed by atoms with E-state index in [9.17, 15) is 4.79 Å². The number of carbonyl (C=O) groups excluding carboxylic acids is 1. The summed E-state index contributed by atoms with van der Waals surface area (Å²) in [6.07, 6.45) is 5.77. The SMILES string of the molecule is C#CCc1cccc(NC(C)=O)c1. The van der Waals surface area contributed by atoms with E-state index in [-0.39, 0.29) is 5.91 Å². The molecule has 0 aliphatic rings. The summed E-state index contributed by atoms with van der Waals surface area (Å²) >= 11 is 0. The number of hydrogen-bond acceptors (Lipinski definition) is 1. The molecule has 0 aromatic heterocycles. The van der Waals surface area contributed by atoms with Crippen LogP contribution in [-0.4, -0.2) is 5.91 Å². The lowest BCUT2D eigenvalue weighted by Gasteiger charge is -2.02. The Hall–Kier alpha value is -1.75. The molecule has 0 saturated heterocycles. The van der Waals surface area contributed by atoms with Gasteiger partial charge in [0.05, 0.1) is 0 Å². The number of rotatable bonds is 2. The summed E-state index contributed by atoms with van der Waals surface area (Å²) in [5.41, 5.74) is 1.83. The van der Waals surface area contributed by atoms with Crippen LogP contribution in [0.3, 0.4) is 0 Å². The largest absolute Gasteiger partial charge is 0.326 e. The van der Waals surface area contributed by atoms with E-state index < -0.39 is 0 Å². The van der Waals surface area contributed by atoms with Crippen LogP contribution < -0.4 is 5.32 Å². The third-order valence-corrected chi connectivity index (χ3v) is 1.55. The highest BCUT2D eigenvalue weighted by molar-refractivity contribution is 5.88. The average molecular weight is 173 g/mol. The zero-order chi connectivity index (χ0) is 9.68. The van der Waals surface area contributed by atoms with Gasteiger partial charge in [0, 0.05) is 19.0 Å². The Bertz CT molecular complexity index is 349. The normalized spacial score (nSPS) is 8.92. The topological polar surface area (TPSA) is 29.1 Å². The molecule has 1 rings (SSSR count). The van der Waals surface area contributed by atoms with Crippen LogP contribution in [0.1, 0.15) is 12.5 Å². The van der Waals surface area contributed by atoms with Crippen molar-refractivity contribution >= 4 is 11.6 Å². The average Bonchev–Trinajstić information content (AvgIpc) is 2.04. The minimum atomic E-state index is -0.0714. The molecule has 0 atom stereocenters. The summed E-state index contributed by atoms with van der Waals surface area (Å²) in [4.78, 5) is 10.7. The third kappa shape index (κ3) is 3.00. The summed E-state index contributed by atoms with van der Waals surface area (Å²) in [5.74, 6) is 2.48. The maximum absolute atomic E-state index is 10.7. The van der Waals surface area contributed by atoms with Gasteiger partial charge in [-0.05, 0) is 17.7 Å². The fraction of sp³-hybridized carbons (Fsp3) is 0.182. The van der Waals surface area contributed by atoms with E-state index in [1.165, 1.54) is 6.92 Å². The number of amides is 1. The van der Waals surface area contributed by atoms with E-state index in [1.54, 1.807) is 0 Å². The first-order chi connectivity index (χ1) is 6.22. The van der Waals surface area contributed by atoms with Crippen LogP contribution in [0.15, 0.2) is 24.3 Å². The van der Waals surface area contributed by atoms with Gasteiger partial charge in [0.25, 0.3) is 0 Å². The highest BCUT2D eigenvalue weighted by Gasteiger charge is 1.95. The van der Waals surface area contributed by atoms with Crippen molar-refractivity contribution < 1.29 is 4.79 Å². The fourth-order valence-corrected chi connectivity index (χ4v) is 1.08. The van der Waals surface area contributed by atoms with Gasteiger partial charge >= 0.3 is 0 Å². The summed E-state index contributed by atoms with van der Waals surface area (Å²) in [5, 5.41) is 2.70. The number of hydrogen-bond donors (Lipinski definition) is 1. The number of nitrogens with one attached hydrogen (secondary N) is 1. The molecular weight excluding hydrogens is 162 g/mol. The number of benzene rings is 1.